The predicted molar refractivity (Wildman–Crippen MR) is 78.6 cm³/mol. The van der Waals surface area contributed by atoms with Crippen LogP contribution < -0.4 is 5.73 Å². The minimum absolute atomic E-state index is 0.412. The second-order valence-electron chi connectivity index (χ2n) is 7.31. The highest BCUT2D eigenvalue weighted by Crippen LogP contribution is 2.39. The van der Waals surface area contributed by atoms with E-state index in [0.29, 0.717) is 17.5 Å². The Hall–Kier alpha value is -0.0800. The van der Waals surface area contributed by atoms with Gasteiger partial charge in [0.05, 0.1) is 0 Å². The molecule has 1 aliphatic carbocycles. The maximum atomic E-state index is 6.45. The number of likely N-dealkylation sites (tertiary alicyclic amines) is 1. The summed E-state index contributed by atoms with van der Waals surface area (Å²) in [5.74, 6) is 0. The average molecular weight is 252 g/mol. The first-order valence-electron chi connectivity index (χ1n) is 8.05. The fourth-order valence-electron chi connectivity index (χ4n) is 4.04. The van der Waals surface area contributed by atoms with Gasteiger partial charge in [0.25, 0.3) is 0 Å². The van der Waals surface area contributed by atoms with E-state index in [0.717, 1.165) is 6.04 Å². The summed E-state index contributed by atoms with van der Waals surface area (Å²) in [5.41, 5.74) is 6.94. The molecule has 0 spiro atoms. The van der Waals surface area contributed by atoms with E-state index in [1.54, 1.807) is 0 Å². The highest BCUT2D eigenvalue weighted by molar-refractivity contribution is 4.95. The summed E-state index contributed by atoms with van der Waals surface area (Å²) in [6.07, 6.45) is 10.7. The molecule has 1 heterocycles. The fourth-order valence-corrected chi connectivity index (χ4v) is 4.04. The molecule has 2 fully saturated rings. The zero-order valence-corrected chi connectivity index (χ0v) is 12.6. The Kier molecular flexibility index (Phi) is 4.71. The summed E-state index contributed by atoms with van der Waals surface area (Å²) in [5, 5.41) is 0. The molecule has 3 unspecified atom stereocenters. The monoisotopic (exact) mass is 252 g/mol. The number of rotatable bonds is 3. The highest BCUT2D eigenvalue weighted by Gasteiger charge is 2.39. The third kappa shape index (κ3) is 3.27. The Morgan fingerprint density at radius 2 is 2.00 bits per heavy atom. The van der Waals surface area contributed by atoms with E-state index < -0.39 is 0 Å². The molecule has 0 radical (unpaired) electrons. The Morgan fingerprint density at radius 1 is 1.22 bits per heavy atom. The van der Waals surface area contributed by atoms with Gasteiger partial charge in [0.15, 0.2) is 0 Å². The van der Waals surface area contributed by atoms with Crippen LogP contribution >= 0.6 is 0 Å². The first-order valence-corrected chi connectivity index (χ1v) is 8.05. The Labute approximate surface area is 113 Å². The molecule has 2 nitrogen and oxygen atoms in total. The summed E-state index contributed by atoms with van der Waals surface area (Å²) in [6, 6.07) is 1.87. The van der Waals surface area contributed by atoms with Crippen molar-refractivity contribution in [1.29, 1.82) is 0 Å². The molecule has 18 heavy (non-hydrogen) atoms. The molecule has 0 aromatic carbocycles. The van der Waals surface area contributed by atoms with Crippen LogP contribution in [-0.4, -0.2) is 29.6 Å². The lowest BCUT2D eigenvalue weighted by molar-refractivity contribution is 0.0234. The molecule has 2 rings (SSSR count). The summed E-state index contributed by atoms with van der Waals surface area (Å²) in [6.45, 7) is 8.45. The van der Waals surface area contributed by atoms with Gasteiger partial charge in [-0.25, -0.2) is 0 Å². The normalized spacial score (nSPS) is 37.7. The number of hydrogen-bond donors (Lipinski definition) is 1. The van der Waals surface area contributed by atoms with E-state index in [4.69, 9.17) is 5.73 Å². The van der Waals surface area contributed by atoms with Gasteiger partial charge < -0.3 is 5.73 Å². The number of hydrogen-bond acceptors (Lipinski definition) is 2. The number of nitrogens with zero attached hydrogens (tertiary/aromatic N) is 1. The molecule has 106 valence electrons. The van der Waals surface area contributed by atoms with Gasteiger partial charge in [0.1, 0.15) is 0 Å². The van der Waals surface area contributed by atoms with Gasteiger partial charge in [0.2, 0.25) is 0 Å². The van der Waals surface area contributed by atoms with Crippen molar-refractivity contribution < 1.29 is 0 Å². The van der Waals surface area contributed by atoms with Gasteiger partial charge in [-0.05, 0) is 50.5 Å². The topological polar surface area (TPSA) is 29.3 Å². The van der Waals surface area contributed by atoms with Crippen molar-refractivity contribution in [3.8, 4) is 0 Å². The lowest BCUT2D eigenvalue weighted by Crippen LogP contribution is -2.57. The van der Waals surface area contributed by atoms with Crippen molar-refractivity contribution in [2.45, 2.75) is 90.3 Å². The van der Waals surface area contributed by atoms with Crippen LogP contribution in [0, 0.1) is 5.41 Å². The van der Waals surface area contributed by atoms with Crippen LogP contribution in [0.2, 0.25) is 0 Å². The van der Waals surface area contributed by atoms with Crippen LogP contribution in [0.15, 0.2) is 0 Å². The van der Waals surface area contributed by atoms with E-state index in [9.17, 15) is 0 Å². The van der Waals surface area contributed by atoms with Gasteiger partial charge in [0, 0.05) is 18.1 Å². The van der Waals surface area contributed by atoms with Gasteiger partial charge in [-0.2, -0.15) is 0 Å². The van der Waals surface area contributed by atoms with Gasteiger partial charge >= 0.3 is 0 Å². The third-order valence-electron chi connectivity index (χ3n) is 5.13. The van der Waals surface area contributed by atoms with E-state index >= 15 is 0 Å². The minimum atomic E-state index is 0.412. The average Bonchev–Trinajstić information content (AvgIpc) is 2.34. The third-order valence-corrected chi connectivity index (χ3v) is 5.13. The zero-order valence-electron chi connectivity index (χ0n) is 12.6. The molecular weight excluding hydrogens is 220 g/mol. The zero-order chi connectivity index (χ0) is 13.2. The minimum Gasteiger partial charge on any atom is -0.326 e. The van der Waals surface area contributed by atoms with E-state index in [1.807, 2.05) is 0 Å². The predicted octanol–water partition coefficient (Wildman–Crippen LogP) is 3.55. The Morgan fingerprint density at radius 3 is 2.72 bits per heavy atom. The molecule has 0 aromatic rings. The van der Waals surface area contributed by atoms with Crippen LogP contribution in [0.25, 0.3) is 0 Å². The largest absolute Gasteiger partial charge is 0.326 e. The lowest BCUT2D eigenvalue weighted by atomic mass is 9.72. The van der Waals surface area contributed by atoms with Crippen LogP contribution in [0.4, 0.5) is 0 Å². The second kappa shape index (κ2) is 5.92. The SMILES string of the molecule is CCCC1CCCCN1C1CC(C)(C)CCC1N. The molecule has 2 N–H and O–H groups in total. The summed E-state index contributed by atoms with van der Waals surface area (Å²) >= 11 is 0. The molecule has 0 amide bonds. The molecule has 0 bridgehead atoms. The molecule has 2 heteroatoms. The molecule has 2 aliphatic rings. The van der Waals surface area contributed by atoms with Gasteiger partial charge in [-0.3, -0.25) is 4.90 Å². The Bertz CT molecular complexity index is 260. The van der Waals surface area contributed by atoms with Gasteiger partial charge in [-0.15, -0.1) is 0 Å². The van der Waals surface area contributed by atoms with E-state index in [1.165, 1.54) is 57.9 Å². The van der Waals surface area contributed by atoms with Crippen molar-refractivity contribution in [3.63, 3.8) is 0 Å². The standard InChI is InChI=1S/C16H32N2/c1-4-7-13-8-5-6-11-18(13)15-12-16(2,3)10-9-14(15)17/h13-15H,4-12,17H2,1-3H3. The van der Waals surface area contributed by atoms with Crippen LogP contribution in [-0.2, 0) is 0 Å². The highest BCUT2D eigenvalue weighted by atomic mass is 15.2. The molecule has 1 saturated heterocycles. The number of nitrogens with two attached hydrogens (primary N) is 1. The van der Waals surface area contributed by atoms with Crippen LogP contribution in [0.1, 0.15) is 72.1 Å². The summed E-state index contributed by atoms with van der Waals surface area (Å²) < 4.78 is 0. The quantitative estimate of drug-likeness (QED) is 0.832. The summed E-state index contributed by atoms with van der Waals surface area (Å²) in [4.78, 5) is 2.79. The van der Waals surface area contributed by atoms with Crippen molar-refractivity contribution in [1.82, 2.24) is 4.90 Å². The van der Waals surface area contributed by atoms with Crippen LogP contribution in [0.5, 0.6) is 0 Å². The smallest absolute Gasteiger partial charge is 0.0255 e. The molecule has 3 atom stereocenters. The first kappa shape index (κ1) is 14.3. The second-order valence-corrected chi connectivity index (χ2v) is 7.31. The molecule has 1 aliphatic heterocycles. The van der Waals surface area contributed by atoms with Crippen molar-refractivity contribution in [2.75, 3.05) is 6.54 Å². The van der Waals surface area contributed by atoms with Crippen molar-refractivity contribution in [3.05, 3.63) is 0 Å². The van der Waals surface area contributed by atoms with Crippen molar-refractivity contribution >= 4 is 0 Å². The number of piperidine rings is 1. The van der Waals surface area contributed by atoms with E-state index in [2.05, 4.69) is 25.7 Å². The molecule has 1 saturated carbocycles. The molecular formula is C16H32N2. The van der Waals surface area contributed by atoms with Crippen LogP contribution in [0.3, 0.4) is 0 Å². The van der Waals surface area contributed by atoms with Crippen molar-refractivity contribution in [2.24, 2.45) is 11.1 Å². The fraction of sp³-hybridized carbons (Fsp3) is 1.00. The maximum absolute atomic E-state index is 6.45. The summed E-state index contributed by atoms with van der Waals surface area (Å²) in [7, 11) is 0. The first-order chi connectivity index (χ1) is 8.53. The molecule has 0 aromatic heterocycles. The Balaban J connectivity index is 2.06. The lowest BCUT2D eigenvalue weighted by Gasteiger charge is -2.49. The maximum Gasteiger partial charge on any atom is 0.0255 e. The van der Waals surface area contributed by atoms with Gasteiger partial charge in [-0.1, -0.05) is 33.6 Å². The van der Waals surface area contributed by atoms with E-state index in [-0.39, 0.29) is 0 Å².